The van der Waals surface area contributed by atoms with Crippen LogP contribution in [0.25, 0.3) is 21.9 Å². The highest BCUT2D eigenvalue weighted by molar-refractivity contribution is 6.03. The van der Waals surface area contributed by atoms with E-state index in [1.807, 2.05) is 12.1 Å². The van der Waals surface area contributed by atoms with Crippen molar-refractivity contribution >= 4 is 10.8 Å². The molecule has 3 nitrogen and oxygen atoms in total. The van der Waals surface area contributed by atoms with E-state index in [0.29, 0.717) is 5.75 Å². The average Bonchev–Trinajstić information content (AvgIpc) is 2.89. The molecule has 0 aliphatic heterocycles. The van der Waals surface area contributed by atoms with E-state index in [-0.39, 0.29) is 5.41 Å². The molecule has 2 aliphatic rings. The van der Waals surface area contributed by atoms with Gasteiger partial charge in [-0.2, -0.15) is 0 Å². The smallest absolute Gasteiger partial charge is 0.123 e. The molecule has 2 aliphatic carbocycles. The van der Waals surface area contributed by atoms with Gasteiger partial charge in [-0.3, -0.25) is 0 Å². The quantitative estimate of drug-likeness (QED) is 0.554. The maximum atomic E-state index is 11.0. The number of rotatable bonds is 2. The molecule has 1 saturated carbocycles. The molecule has 29 heavy (non-hydrogen) atoms. The van der Waals surface area contributed by atoms with Gasteiger partial charge < -0.3 is 14.6 Å². The number of fused-ring (bicyclic) bond motifs is 6. The molecular weight excluding hydrogens is 360 g/mol. The fraction of sp³-hybridized carbons (Fsp3) is 0.385. The fourth-order valence-corrected chi connectivity index (χ4v) is 5.62. The lowest BCUT2D eigenvalue weighted by molar-refractivity contribution is 0.276. The molecule has 0 atom stereocenters. The Kier molecular flexibility index (Phi) is 4.42. The summed E-state index contributed by atoms with van der Waals surface area (Å²) >= 11 is 0. The molecule has 1 fully saturated rings. The van der Waals surface area contributed by atoms with E-state index in [1.165, 1.54) is 54.4 Å². The van der Waals surface area contributed by atoms with Crippen LogP contribution in [0.4, 0.5) is 0 Å². The Hall–Kier alpha value is -2.68. The lowest BCUT2D eigenvalue weighted by Gasteiger charge is -2.38. The summed E-state index contributed by atoms with van der Waals surface area (Å²) in [7, 11) is 3.40. The standard InChI is InChI=1S/C26H28O3/c1-28-18-6-8-20-17(14-18)10-13-26(11-4-3-5-12-26)23-16-24(27)22-15-19(29-2)7-9-21(22)25(20)23/h6-9,14-16,27H,3-5,10-13H2,1-2H3. The lowest BCUT2D eigenvalue weighted by Crippen LogP contribution is -2.29. The zero-order chi connectivity index (χ0) is 20.0. The molecule has 5 rings (SSSR count). The summed E-state index contributed by atoms with van der Waals surface area (Å²) in [5, 5.41) is 13.0. The monoisotopic (exact) mass is 388 g/mol. The van der Waals surface area contributed by atoms with E-state index in [4.69, 9.17) is 9.47 Å². The van der Waals surface area contributed by atoms with Crippen molar-refractivity contribution in [3.63, 3.8) is 0 Å². The summed E-state index contributed by atoms with van der Waals surface area (Å²) in [5.74, 6) is 2.04. The van der Waals surface area contributed by atoms with Crippen LogP contribution in [0.5, 0.6) is 17.2 Å². The van der Waals surface area contributed by atoms with E-state index in [2.05, 4.69) is 30.3 Å². The molecular formula is C26H28O3. The maximum absolute atomic E-state index is 11.0. The van der Waals surface area contributed by atoms with Crippen molar-refractivity contribution < 1.29 is 14.6 Å². The second-order valence-corrected chi connectivity index (χ2v) is 8.59. The van der Waals surface area contributed by atoms with Gasteiger partial charge in [-0.05, 0) is 95.1 Å². The summed E-state index contributed by atoms with van der Waals surface area (Å²) in [6.07, 6.45) is 8.41. The molecule has 3 heteroatoms. The third-order valence-electron chi connectivity index (χ3n) is 7.16. The highest BCUT2D eigenvalue weighted by Gasteiger charge is 2.39. The largest absolute Gasteiger partial charge is 0.507 e. The molecule has 0 unspecified atom stereocenters. The van der Waals surface area contributed by atoms with Crippen LogP contribution in [-0.2, 0) is 11.8 Å². The predicted molar refractivity (Wildman–Crippen MR) is 117 cm³/mol. The molecule has 150 valence electrons. The number of methoxy groups -OCH3 is 2. The summed E-state index contributed by atoms with van der Waals surface area (Å²) < 4.78 is 11.0. The molecule has 3 aromatic carbocycles. The highest BCUT2D eigenvalue weighted by Crippen LogP contribution is 2.53. The van der Waals surface area contributed by atoms with Gasteiger partial charge in [-0.15, -0.1) is 0 Å². The molecule has 1 N–H and O–H groups in total. The van der Waals surface area contributed by atoms with E-state index in [1.54, 1.807) is 14.2 Å². The van der Waals surface area contributed by atoms with Gasteiger partial charge >= 0.3 is 0 Å². The van der Waals surface area contributed by atoms with Crippen LogP contribution in [0.1, 0.15) is 49.7 Å². The Morgan fingerprint density at radius 3 is 2.28 bits per heavy atom. The van der Waals surface area contributed by atoms with Gasteiger partial charge in [0.05, 0.1) is 14.2 Å². The van der Waals surface area contributed by atoms with Crippen LogP contribution in [0, 0.1) is 0 Å². The first-order chi connectivity index (χ1) is 14.1. The summed E-state index contributed by atoms with van der Waals surface area (Å²) in [4.78, 5) is 0. The Morgan fingerprint density at radius 1 is 0.793 bits per heavy atom. The maximum Gasteiger partial charge on any atom is 0.123 e. The normalized spacial score (nSPS) is 17.4. The van der Waals surface area contributed by atoms with E-state index < -0.39 is 0 Å². The van der Waals surface area contributed by atoms with Crippen molar-refractivity contribution in [2.24, 2.45) is 0 Å². The van der Waals surface area contributed by atoms with Crippen LogP contribution >= 0.6 is 0 Å². The van der Waals surface area contributed by atoms with Crippen molar-refractivity contribution in [1.82, 2.24) is 0 Å². The van der Waals surface area contributed by atoms with Crippen molar-refractivity contribution in [3.8, 4) is 28.4 Å². The summed E-state index contributed by atoms with van der Waals surface area (Å²) in [6.45, 7) is 0. The van der Waals surface area contributed by atoms with E-state index >= 15 is 0 Å². The van der Waals surface area contributed by atoms with E-state index in [0.717, 1.165) is 35.1 Å². The Labute approximate surface area is 172 Å². The van der Waals surface area contributed by atoms with Crippen molar-refractivity contribution in [2.45, 2.75) is 50.4 Å². The highest BCUT2D eigenvalue weighted by atomic mass is 16.5. The molecule has 0 saturated heterocycles. The van der Waals surface area contributed by atoms with Crippen molar-refractivity contribution in [2.75, 3.05) is 14.2 Å². The molecule has 1 spiro atoms. The van der Waals surface area contributed by atoms with Gasteiger partial charge in [0, 0.05) is 5.39 Å². The predicted octanol–water partition coefficient (Wildman–Crippen LogP) is 6.38. The minimum absolute atomic E-state index is 0.144. The third-order valence-corrected chi connectivity index (χ3v) is 7.16. The van der Waals surface area contributed by atoms with Crippen molar-refractivity contribution in [3.05, 3.63) is 53.6 Å². The minimum atomic E-state index is 0.144. The Bertz CT molecular complexity index is 1080. The molecule has 0 amide bonds. The number of phenols is 1. The summed E-state index contributed by atoms with van der Waals surface area (Å²) in [5.41, 5.74) is 5.38. The number of ether oxygens (including phenoxy) is 2. The van der Waals surface area contributed by atoms with Crippen LogP contribution < -0.4 is 9.47 Å². The van der Waals surface area contributed by atoms with Crippen LogP contribution in [0.3, 0.4) is 0 Å². The zero-order valence-electron chi connectivity index (χ0n) is 17.3. The zero-order valence-corrected chi connectivity index (χ0v) is 17.3. The van der Waals surface area contributed by atoms with Gasteiger partial charge in [-0.1, -0.05) is 25.3 Å². The second-order valence-electron chi connectivity index (χ2n) is 8.59. The van der Waals surface area contributed by atoms with E-state index in [9.17, 15) is 5.11 Å². The van der Waals surface area contributed by atoms with Crippen LogP contribution in [0.2, 0.25) is 0 Å². The molecule has 0 heterocycles. The number of aromatic hydroxyl groups is 1. The minimum Gasteiger partial charge on any atom is -0.507 e. The van der Waals surface area contributed by atoms with Gasteiger partial charge in [0.1, 0.15) is 17.2 Å². The number of phenolic OH excluding ortho intramolecular Hbond substituents is 1. The van der Waals surface area contributed by atoms with Gasteiger partial charge in [0.2, 0.25) is 0 Å². The van der Waals surface area contributed by atoms with Crippen LogP contribution in [0.15, 0.2) is 42.5 Å². The Balaban J connectivity index is 1.86. The third kappa shape index (κ3) is 2.87. The molecule has 0 bridgehead atoms. The molecule has 3 aromatic rings. The number of hydrogen-bond donors (Lipinski definition) is 1. The fourth-order valence-electron chi connectivity index (χ4n) is 5.62. The number of hydrogen-bond acceptors (Lipinski definition) is 3. The number of aryl methyl sites for hydroxylation is 1. The topological polar surface area (TPSA) is 38.7 Å². The lowest BCUT2D eigenvalue weighted by atomic mass is 9.66. The first kappa shape index (κ1) is 18.4. The average molecular weight is 389 g/mol. The molecule has 0 aromatic heterocycles. The van der Waals surface area contributed by atoms with Gasteiger partial charge in [0.25, 0.3) is 0 Å². The first-order valence-corrected chi connectivity index (χ1v) is 10.7. The van der Waals surface area contributed by atoms with Crippen LogP contribution in [-0.4, -0.2) is 19.3 Å². The first-order valence-electron chi connectivity index (χ1n) is 10.7. The Morgan fingerprint density at radius 2 is 1.52 bits per heavy atom. The SMILES string of the molecule is COc1ccc2c(c1)CCC1(CCCCC1)c1cc(O)c3cc(OC)ccc3c1-2. The van der Waals surface area contributed by atoms with Gasteiger partial charge in [-0.25, -0.2) is 0 Å². The second kappa shape index (κ2) is 6.98. The molecule has 0 radical (unpaired) electrons. The number of benzene rings is 3. The van der Waals surface area contributed by atoms with Crippen molar-refractivity contribution in [1.29, 1.82) is 0 Å². The summed E-state index contributed by atoms with van der Waals surface area (Å²) in [6, 6.07) is 14.6. The van der Waals surface area contributed by atoms with Gasteiger partial charge in [0.15, 0.2) is 0 Å².